The van der Waals surface area contributed by atoms with Crippen molar-refractivity contribution in [2.75, 3.05) is 44.4 Å². The second-order valence-corrected chi connectivity index (χ2v) is 7.73. The molecule has 1 aromatic heterocycles. The molecule has 2 aliphatic heterocycles. The number of nitrogens with zero attached hydrogens (tertiary/aromatic N) is 1. The van der Waals surface area contributed by atoms with Crippen molar-refractivity contribution in [2.45, 2.75) is 18.4 Å². The summed E-state index contributed by atoms with van der Waals surface area (Å²) in [5.74, 6) is 2.54. The SMILES string of the molecule is O=C(NCC1(N2CCSCC2)CCOCC1)c1ccc(Br)o1. The van der Waals surface area contributed by atoms with E-state index >= 15 is 0 Å². The van der Waals surface area contributed by atoms with Gasteiger partial charge in [0.25, 0.3) is 5.91 Å². The third kappa shape index (κ3) is 3.69. The van der Waals surface area contributed by atoms with Crippen molar-refractivity contribution in [3.63, 3.8) is 0 Å². The quantitative estimate of drug-likeness (QED) is 0.857. The highest BCUT2D eigenvalue weighted by atomic mass is 79.9. The molecule has 1 amide bonds. The Labute approximate surface area is 143 Å². The van der Waals surface area contributed by atoms with Gasteiger partial charge in [-0.25, -0.2) is 0 Å². The fraction of sp³-hybridized carbons (Fsp3) is 0.667. The lowest BCUT2D eigenvalue weighted by Crippen LogP contribution is -2.60. The molecular formula is C15H21BrN2O3S. The van der Waals surface area contributed by atoms with Crippen LogP contribution in [0.5, 0.6) is 0 Å². The number of rotatable bonds is 4. The van der Waals surface area contributed by atoms with E-state index in [1.54, 1.807) is 12.1 Å². The fourth-order valence-corrected chi connectivity index (χ4v) is 4.37. The van der Waals surface area contributed by atoms with E-state index in [1.807, 2.05) is 11.8 Å². The predicted octanol–water partition coefficient (Wildman–Crippen LogP) is 2.37. The van der Waals surface area contributed by atoms with Crippen molar-refractivity contribution in [3.8, 4) is 0 Å². The van der Waals surface area contributed by atoms with E-state index in [9.17, 15) is 4.79 Å². The van der Waals surface area contributed by atoms with Crippen molar-refractivity contribution in [1.29, 1.82) is 0 Å². The summed E-state index contributed by atoms with van der Waals surface area (Å²) in [6.45, 7) is 4.37. The minimum Gasteiger partial charge on any atom is -0.444 e. The summed E-state index contributed by atoms with van der Waals surface area (Å²) < 4.78 is 11.4. The van der Waals surface area contributed by atoms with Crippen LogP contribution in [0.15, 0.2) is 21.2 Å². The topological polar surface area (TPSA) is 54.7 Å². The number of hydrogen-bond acceptors (Lipinski definition) is 5. The van der Waals surface area contributed by atoms with Crippen LogP contribution in [-0.2, 0) is 4.74 Å². The maximum atomic E-state index is 12.2. The largest absolute Gasteiger partial charge is 0.444 e. The Morgan fingerprint density at radius 3 is 2.68 bits per heavy atom. The number of carbonyl (C=O) groups is 1. The predicted molar refractivity (Wildman–Crippen MR) is 90.4 cm³/mol. The first-order valence-electron chi connectivity index (χ1n) is 7.64. The number of nitrogens with one attached hydrogen (secondary N) is 1. The normalized spacial score (nSPS) is 22.4. The van der Waals surface area contributed by atoms with Crippen LogP contribution in [0.1, 0.15) is 23.4 Å². The molecule has 5 nitrogen and oxygen atoms in total. The number of amides is 1. The first-order chi connectivity index (χ1) is 10.7. The minimum atomic E-state index is -0.150. The zero-order valence-electron chi connectivity index (χ0n) is 12.5. The van der Waals surface area contributed by atoms with Crippen molar-refractivity contribution in [2.24, 2.45) is 0 Å². The molecule has 0 bridgehead atoms. The smallest absolute Gasteiger partial charge is 0.287 e. The number of halogens is 1. The van der Waals surface area contributed by atoms with Crippen LogP contribution < -0.4 is 5.32 Å². The molecule has 0 aliphatic carbocycles. The second kappa shape index (κ2) is 7.38. The van der Waals surface area contributed by atoms with Crippen molar-refractivity contribution in [1.82, 2.24) is 10.2 Å². The van der Waals surface area contributed by atoms with E-state index in [2.05, 4.69) is 26.1 Å². The number of carbonyl (C=O) groups excluding carboxylic acids is 1. The lowest BCUT2D eigenvalue weighted by molar-refractivity contribution is -0.0238. The van der Waals surface area contributed by atoms with Gasteiger partial charge in [0.05, 0.1) is 0 Å². The van der Waals surface area contributed by atoms with E-state index in [0.29, 0.717) is 17.0 Å². The van der Waals surface area contributed by atoms with Gasteiger partial charge >= 0.3 is 0 Å². The maximum Gasteiger partial charge on any atom is 0.287 e. The Kier molecular flexibility index (Phi) is 5.49. The summed E-state index contributed by atoms with van der Waals surface area (Å²) in [4.78, 5) is 14.8. The Morgan fingerprint density at radius 2 is 2.05 bits per heavy atom. The van der Waals surface area contributed by atoms with Gasteiger partial charge in [0.1, 0.15) is 0 Å². The fourth-order valence-electron chi connectivity index (χ4n) is 3.16. The average molecular weight is 389 g/mol. The van der Waals surface area contributed by atoms with Crippen molar-refractivity contribution >= 4 is 33.6 Å². The molecule has 3 rings (SSSR count). The standard InChI is InChI=1S/C15H21BrN2O3S/c16-13-2-1-12(21-13)14(19)17-11-15(3-7-20-8-4-15)18-5-9-22-10-6-18/h1-2H,3-11H2,(H,17,19). The zero-order valence-corrected chi connectivity index (χ0v) is 14.9. The van der Waals surface area contributed by atoms with Crippen molar-refractivity contribution < 1.29 is 13.9 Å². The van der Waals surface area contributed by atoms with E-state index < -0.39 is 0 Å². The van der Waals surface area contributed by atoms with Crippen LogP contribution in [0.2, 0.25) is 0 Å². The summed E-state index contributed by atoms with van der Waals surface area (Å²) in [7, 11) is 0. The molecule has 0 atom stereocenters. The van der Waals surface area contributed by atoms with Crippen LogP contribution in [0, 0.1) is 0 Å². The molecule has 122 valence electrons. The van der Waals surface area contributed by atoms with Crippen LogP contribution >= 0.6 is 27.7 Å². The van der Waals surface area contributed by atoms with Gasteiger partial charge in [0.15, 0.2) is 10.4 Å². The zero-order chi connectivity index (χ0) is 15.4. The Bertz CT molecular complexity index is 511. The molecule has 1 N–H and O–H groups in total. The minimum absolute atomic E-state index is 0.0265. The van der Waals surface area contributed by atoms with Crippen LogP contribution in [0.3, 0.4) is 0 Å². The maximum absolute atomic E-state index is 12.2. The Balaban J connectivity index is 1.66. The van der Waals surface area contributed by atoms with E-state index in [4.69, 9.17) is 9.15 Å². The molecule has 2 saturated heterocycles. The number of ether oxygens (including phenoxy) is 1. The van der Waals surface area contributed by atoms with E-state index in [-0.39, 0.29) is 11.4 Å². The molecule has 0 aromatic carbocycles. The van der Waals surface area contributed by atoms with Crippen LogP contribution in [-0.4, -0.2) is 60.7 Å². The molecule has 2 fully saturated rings. The van der Waals surface area contributed by atoms with Gasteiger partial charge in [-0.15, -0.1) is 0 Å². The van der Waals surface area contributed by atoms with E-state index in [0.717, 1.165) is 39.1 Å². The molecule has 0 saturated carbocycles. The third-order valence-electron chi connectivity index (χ3n) is 4.48. The lowest BCUT2D eigenvalue weighted by atomic mass is 9.87. The van der Waals surface area contributed by atoms with Gasteiger partial charge in [-0.3, -0.25) is 9.69 Å². The monoisotopic (exact) mass is 388 g/mol. The molecule has 0 spiro atoms. The molecular weight excluding hydrogens is 368 g/mol. The molecule has 0 unspecified atom stereocenters. The lowest BCUT2D eigenvalue weighted by Gasteiger charge is -2.47. The molecule has 2 aliphatic rings. The van der Waals surface area contributed by atoms with Gasteiger partial charge in [-0.1, -0.05) is 0 Å². The number of furan rings is 1. The average Bonchev–Trinajstić information content (AvgIpc) is 3.01. The summed E-state index contributed by atoms with van der Waals surface area (Å²) >= 11 is 5.23. The molecule has 7 heteroatoms. The van der Waals surface area contributed by atoms with E-state index in [1.165, 1.54) is 11.5 Å². The number of thioether (sulfide) groups is 1. The molecule has 0 radical (unpaired) electrons. The third-order valence-corrected chi connectivity index (χ3v) is 5.85. The highest BCUT2D eigenvalue weighted by molar-refractivity contribution is 9.10. The molecule has 1 aromatic rings. The summed E-state index contributed by atoms with van der Waals surface area (Å²) in [5, 5.41) is 3.06. The Hall–Kier alpha value is -0.500. The first-order valence-corrected chi connectivity index (χ1v) is 9.58. The Morgan fingerprint density at radius 1 is 1.32 bits per heavy atom. The van der Waals surface area contributed by atoms with Crippen LogP contribution in [0.25, 0.3) is 0 Å². The highest BCUT2D eigenvalue weighted by Crippen LogP contribution is 2.30. The van der Waals surface area contributed by atoms with Gasteiger partial charge < -0.3 is 14.5 Å². The first kappa shape index (κ1) is 16.4. The van der Waals surface area contributed by atoms with Crippen molar-refractivity contribution in [3.05, 3.63) is 22.6 Å². The van der Waals surface area contributed by atoms with Gasteiger partial charge in [-0.2, -0.15) is 11.8 Å². The summed E-state index contributed by atoms with van der Waals surface area (Å²) in [6, 6.07) is 3.43. The molecule has 3 heterocycles. The van der Waals surface area contributed by atoms with Gasteiger partial charge in [-0.05, 0) is 40.9 Å². The van der Waals surface area contributed by atoms with Gasteiger partial charge in [0, 0.05) is 49.9 Å². The molecule has 22 heavy (non-hydrogen) atoms. The highest BCUT2D eigenvalue weighted by Gasteiger charge is 2.39. The second-order valence-electron chi connectivity index (χ2n) is 5.72. The van der Waals surface area contributed by atoms with Gasteiger partial charge in [0.2, 0.25) is 0 Å². The summed E-state index contributed by atoms with van der Waals surface area (Å²) in [5.41, 5.74) is 0.0265. The summed E-state index contributed by atoms with van der Waals surface area (Å²) in [6.07, 6.45) is 1.94. The number of hydrogen-bond donors (Lipinski definition) is 1. The van der Waals surface area contributed by atoms with Crippen LogP contribution in [0.4, 0.5) is 0 Å².